The van der Waals surface area contributed by atoms with Crippen molar-refractivity contribution in [2.45, 2.75) is 25.3 Å². The number of nitrogen functional groups attached to an aromatic ring is 1. The summed E-state index contributed by atoms with van der Waals surface area (Å²) in [6.45, 7) is 2.71. The molecule has 0 amide bonds. The summed E-state index contributed by atoms with van der Waals surface area (Å²) < 4.78 is 0. The SMILES string of the molecule is CN1CCCC2CN(c3ncnc(N)c3[N+](=O)[O-])CCC21. The molecule has 21 heavy (non-hydrogen) atoms. The summed E-state index contributed by atoms with van der Waals surface area (Å²) in [7, 11) is 2.16. The van der Waals surface area contributed by atoms with Gasteiger partial charge in [-0.3, -0.25) is 10.1 Å². The average molecular weight is 292 g/mol. The molecule has 0 aromatic carbocycles. The topological polar surface area (TPSA) is 101 Å². The van der Waals surface area contributed by atoms with Crippen LogP contribution in [-0.4, -0.2) is 52.5 Å². The maximum absolute atomic E-state index is 11.2. The van der Waals surface area contributed by atoms with Gasteiger partial charge in [-0.1, -0.05) is 0 Å². The average Bonchev–Trinajstić information content (AvgIpc) is 2.46. The molecule has 8 heteroatoms. The van der Waals surface area contributed by atoms with Crippen molar-refractivity contribution in [1.82, 2.24) is 14.9 Å². The predicted octanol–water partition coefficient (Wildman–Crippen LogP) is 0.888. The summed E-state index contributed by atoms with van der Waals surface area (Å²) in [6.07, 6.45) is 4.65. The number of nitrogens with two attached hydrogens (primary N) is 1. The number of nitrogens with zero attached hydrogens (tertiary/aromatic N) is 5. The van der Waals surface area contributed by atoms with Crippen LogP contribution in [0.1, 0.15) is 19.3 Å². The molecular weight excluding hydrogens is 272 g/mol. The number of aromatic nitrogens is 2. The third-order valence-corrected chi connectivity index (χ3v) is 4.66. The lowest BCUT2D eigenvalue weighted by molar-refractivity contribution is -0.383. The van der Waals surface area contributed by atoms with Gasteiger partial charge in [0.15, 0.2) is 0 Å². The minimum atomic E-state index is -0.482. The highest BCUT2D eigenvalue weighted by Crippen LogP contribution is 2.35. The maximum Gasteiger partial charge on any atom is 0.353 e. The van der Waals surface area contributed by atoms with E-state index in [4.69, 9.17) is 5.73 Å². The molecule has 1 aromatic rings. The van der Waals surface area contributed by atoms with Crippen molar-refractivity contribution in [1.29, 1.82) is 0 Å². The molecule has 2 aliphatic rings. The third-order valence-electron chi connectivity index (χ3n) is 4.66. The van der Waals surface area contributed by atoms with Gasteiger partial charge < -0.3 is 15.5 Å². The van der Waals surface area contributed by atoms with E-state index in [9.17, 15) is 10.1 Å². The fourth-order valence-electron chi connectivity index (χ4n) is 3.63. The molecule has 2 unspecified atom stereocenters. The van der Waals surface area contributed by atoms with Gasteiger partial charge in [-0.25, -0.2) is 9.97 Å². The van der Waals surface area contributed by atoms with Gasteiger partial charge in [0.1, 0.15) is 6.33 Å². The largest absolute Gasteiger partial charge is 0.378 e. The molecule has 2 fully saturated rings. The molecule has 0 spiro atoms. The van der Waals surface area contributed by atoms with Crippen molar-refractivity contribution in [2.75, 3.05) is 37.3 Å². The van der Waals surface area contributed by atoms with Crippen LogP contribution in [0.5, 0.6) is 0 Å². The van der Waals surface area contributed by atoms with Crippen LogP contribution in [0.15, 0.2) is 6.33 Å². The van der Waals surface area contributed by atoms with E-state index in [2.05, 4.69) is 21.9 Å². The second-order valence-electron chi connectivity index (χ2n) is 5.87. The molecule has 0 aliphatic carbocycles. The molecule has 3 rings (SSSR count). The molecular formula is C13H20N6O2. The van der Waals surface area contributed by atoms with Crippen LogP contribution in [0.2, 0.25) is 0 Å². The molecule has 2 saturated heterocycles. The summed E-state index contributed by atoms with van der Waals surface area (Å²) in [5.41, 5.74) is 5.49. The Morgan fingerprint density at radius 1 is 1.38 bits per heavy atom. The molecule has 8 nitrogen and oxygen atoms in total. The van der Waals surface area contributed by atoms with E-state index in [-0.39, 0.29) is 11.5 Å². The van der Waals surface area contributed by atoms with Crippen LogP contribution in [-0.2, 0) is 0 Å². The maximum atomic E-state index is 11.2. The standard InChI is InChI=1S/C13H20N6O2/c1-17-5-2-3-9-7-18(6-4-10(9)17)13-11(19(20)21)12(14)15-8-16-13/h8-10H,2-7H2,1H3,(H2,14,15,16). The van der Waals surface area contributed by atoms with Crippen molar-refractivity contribution < 1.29 is 4.92 Å². The Morgan fingerprint density at radius 3 is 2.95 bits per heavy atom. The first kappa shape index (κ1) is 14.0. The van der Waals surface area contributed by atoms with Crippen molar-refractivity contribution in [3.05, 3.63) is 16.4 Å². The van der Waals surface area contributed by atoms with Crippen LogP contribution < -0.4 is 10.6 Å². The molecule has 114 valence electrons. The van der Waals surface area contributed by atoms with Crippen molar-refractivity contribution >= 4 is 17.3 Å². The monoisotopic (exact) mass is 292 g/mol. The smallest absolute Gasteiger partial charge is 0.353 e. The molecule has 1 aromatic heterocycles. The Hall–Kier alpha value is -1.96. The highest BCUT2D eigenvalue weighted by molar-refractivity contribution is 5.68. The van der Waals surface area contributed by atoms with Crippen LogP contribution in [0.3, 0.4) is 0 Å². The fraction of sp³-hybridized carbons (Fsp3) is 0.692. The summed E-state index contributed by atoms with van der Waals surface area (Å²) in [6, 6.07) is 0.577. The van der Waals surface area contributed by atoms with Crippen LogP contribution in [0.25, 0.3) is 0 Å². The van der Waals surface area contributed by atoms with Gasteiger partial charge in [-0.15, -0.1) is 0 Å². The summed E-state index contributed by atoms with van der Waals surface area (Å²) in [5.74, 6) is 0.834. The van der Waals surface area contributed by atoms with Crippen molar-refractivity contribution in [2.24, 2.45) is 5.92 Å². The number of likely N-dealkylation sites (tertiary alicyclic amines) is 1. The predicted molar refractivity (Wildman–Crippen MR) is 79.1 cm³/mol. The third kappa shape index (κ3) is 2.51. The zero-order chi connectivity index (χ0) is 15.0. The van der Waals surface area contributed by atoms with Crippen molar-refractivity contribution in [3.63, 3.8) is 0 Å². The molecule has 2 atom stereocenters. The first-order valence-electron chi connectivity index (χ1n) is 7.28. The lowest BCUT2D eigenvalue weighted by Gasteiger charge is -2.46. The number of hydrogen-bond donors (Lipinski definition) is 1. The molecule has 2 aliphatic heterocycles. The summed E-state index contributed by atoms with van der Waals surface area (Å²) in [4.78, 5) is 23.0. The minimum Gasteiger partial charge on any atom is -0.378 e. The Kier molecular flexibility index (Phi) is 3.62. The van der Waals surface area contributed by atoms with E-state index >= 15 is 0 Å². The zero-order valence-electron chi connectivity index (χ0n) is 12.1. The Balaban J connectivity index is 1.86. The second-order valence-corrected chi connectivity index (χ2v) is 5.87. The van der Waals surface area contributed by atoms with Gasteiger partial charge in [0.25, 0.3) is 0 Å². The van der Waals surface area contributed by atoms with E-state index in [0.717, 1.165) is 26.1 Å². The van der Waals surface area contributed by atoms with Gasteiger partial charge in [0.2, 0.25) is 11.6 Å². The first-order chi connectivity index (χ1) is 10.1. The molecule has 0 bridgehead atoms. The van der Waals surface area contributed by atoms with Crippen LogP contribution in [0.4, 0.5) is 17.3 Å². The van der Waals surface area contributed by atoms with E-state index < -0.39 is 4.92 Å². The Bertz CT molecular complexity index is 551. The van der Waals surface area contributed by atoms with Gasteiger partial charge in [0.05, 0.1) is 4.92 Å². The Labute approximate surface area is 123 Å². The lowest BCUT2D eigenvalue weighted by atomic mass is 9.84. The first-order valence-corrected chi connectivity index (χ1v) is 7.28. The lowest BCUT2D eigenvalue weighted by Crippen LogP contribution is -2.53. The van der Waals surface area contributed by atoms with Crippen LogP contribution >= 0.6 is 0 Å². The number of nitro groups is 1. The number of fused-ring (bicyclic) bond motifs is 1. The van der Waals surface area contributed by atoms with E-state index in [1.54, 1.807) is 0 Å². The number of piperidine rings is 2. The van der Waals surface area contributed by atoms with E-state index in [1.165, 1.54) is 19.2 Å². The Morgan fingerprint density at radius 2 is 2.19 bits per heavy atom. The van der Waals surface area contributed by atoms with E-state index in [1.807, 2.05) is 4.90 Å². The zero-order valence-corrected chi connectivity index (χ0v) is 12.1. The van der Waals surface area contributed by atoms with Gasteiger partial charge in [-0.05, 0) is 38.8 Å². The fourth-order valence-corrected chi connectivity index (χ4v) is 3.63. The highest BCUT2D eigenvalue weighted by atomic mass is 16.6. The number of anilines is 2. The quantitative estimate of drug-likeness (QED) is 0.638. The van der Waals surface area contributed by atoms with Crippen molar-refractivity contribution in [3.8, 4) is 0 Å². The highest BCUT2D eigenvalue weighted by Gasteiger charge is 2.37. The minimum absolute atomic E-state index is 0.0621. The number of rotatable bonds is 2. The summed E-state index contributed by atoms with van der Waals surface area (Å²) >= 11 is 0. The molecule has 2 N–H and O–H groups in total. The summed E-state index contributed by atoms with van der Waals surface area (Å²) in [5, 5.41) is 11.2. The van der Waals surface area contributed by atoms with Crippen LogP contribution in [0, 0.1) is 16.0 Å². The second kappa shape index (κ2) is 5.44. The van der Waals surface area contributed by atoms with Gasteiger partial charge in [-0.2, -0.15) is 0 Å². The van der Waals surface area contributed by atoms with E-state index in [0.29, 0.717) is 17.8 Å². The number of hydrogen-bond acceptors (Lipinski definition) is 7. The van der Waals surface area contributed by atoms with Gasteiger partial charge >= 0.3 is 5.69 Å². The molecule has 0 radical (unpaired) electrons. The van der Waals surface area contributed by atoms with Gasteiger partial charge in [0, 0.05) is 19.1 Å². The normalized spacial score (nSPS) is 26.4. The molecule has 3 heterocycles. The molecule has 0 saturated carbocycles.